The first kappa shape index (κ1) is 53.7. The molecule has 0 saturated carbocycles. The van der Waals surface area contributed by atoms with Crippen molar-refractivity contribution in [2.45, 2.75) is 155 Å². The molecule has 74 heavy (non-hydrogen) atoms. The van der Waals surface area contributed by atoms with Gasteiger partial charge in [0, 0.05) is 113 Å². The van der Waals surface area contributed by atoms with Gasteiger partial charge in [-0.1, -0.05) is 36.5 Å². The van der Waals surface area contributed by atoms with Crippen LogP contribution in [-0.2, 0) is 0 Å². The monoisotopic (exact) mass is 1010 g/mol. The van der Waals surface area contributed by atoms with Crippen molar-refractivity contribution >= 4 is 45.3 Å². The first-order valence-electron chi connectivity index (χ1n) is 28.9. The number of nitrogens with zero attached hydrogens (tertiary/aromatic N) is 10. The van der Waals surface area contributed by atoms with Gasteiger partial charge in [-0.2, -0.15) is 9.97 Å². The van der Waals surface area contributed by atoms with Gasteiger partial charge in [0.05, 0.1) is 36.4 Å². The number of anilines is 4. The molecule has 6 saturated heterocycles. The van der Waals surface area contributed by atoms with Gasteiger partial charge in [-0.15, -0.1) is 0 Å². The van der Waals surface area contributed by atoms with Crippen molar-refractivity contribution in [3.63, 3.8) is 0 Å². The SMILES string of the molecule is COc1cc2c(NC3CCN(C(C)C)CC3)nc(N3CCCC3)nc2cc1C#CCCN1CCCCC1.COc1cc2c(NC3CCN(C(C)C)CC3)nc(N3CCCC3)nc2cc1C#CCCN1CCCCC1. The summed E-state index contributed by atoms with van der Waals surface area (Å²) in [5.74, 6) is 18.7. The van der Waals surface area contributed by atoms with Gasteiger partial charge in [0.25, 0.3) is 0 Å². The number of hydrogen-bond acceptors (Lipinski definition) is 14. The molecule has 10 rings (SSSR count). The average Bonchev–Trinajstić information content (AvgIpc) is 4.19. The molecule has 6 fully saturated rings. The molecule has 2 aromatic carbocycles. The Balaban J connectivity index is 0.000000182. The van der Waals surface area contributed by atoms with Gasteiger partial charge in [-0.25, -0.2) is 9.97 Å². The minimum Gasteiger partial charge on any atom is -0.495 e. The molecule has 6 aliphatic heterocycles. The van der Waals surface area contributed by atoms with Crippen LogP contribution < -0.4 is 29.9 Å². The largest absolute Gasteiger partial charge is 0.495 e. The van der Waals surface area contributed by atoms with E-state index in [0.29, 0.717) is 24.2 Å². The van der Waals surface area contributed by atoms with Gasteiger partial charge in [0.2, 0.25) is 11.9 Å². The van der Waals surface area contributed by atoms with E-state index < -0.39 is 0 Å². The minimum atomic E-state index is 0.416. The fraction of sp³-hybridized carbons (Fsp3) is 0.667. The number of rotatable bonds is 14. The van der Waals surface area contributed by atoms with E-state index in [1.165, 1.54) is 90.4 Å². The Morgan fingerprint density at radius 1 is 0.486 bits per heavy atom. The number of nitrogens with one attached hydrogen (secondary N) is 2. The van der Waals surface area contributed by atoms with Crippen LogP contribution in [0.3, 0.4) is 0 Å². The number of methoxy groups -OCH3 is 2. The maximum atomic E-state index is 5.80. The van der Waals surface area contributed by atoms with Crippen molar-refractivity contribution in [3.05, 3.63) is 35.4 Å². The molecule has 4 aromatic rings. The van der Waals surface area contributed by atoms with Crippen molar-refractivity contribution < 1.29 is 9.47 Å². The maximum absolute atomic E-state index is 5.80. The highest BCUT2D eigenvalue weighted by molar-refractivity contribution is 5.94. The highest BCUT2D eigenvalue weighted by Gasteiger charge is 2.26. The summed E-state index contributed by atoms with van der Waals surface area (Å²) in [5, 5.41) is 9.65. The van der Waals surface area contributed by atoms with E-state index in [9.17, 15) is 0 Å². The Morgan fingerprint density at radius 3 is 1.20 bits per heavy atom. The molecule has 14 nitrogen and oxygen atoms in total. The highest BCUT2D eigenvalue weighted by Crippen LogP contribution is 2.34. The fourth-order valence-corrected chi connectivity index (χ4v) is 11.8. The first-order valence-corrected chi connectivity index (χ1v) is 28.9. The summed E-state index contributed by atoms with van der Waals surface area (Å²) in [4.78, 5) is 35.0. The van der Waals surface area contributed by atoms with Crippen LogP contribution in [0.2, 0.25) is 0 Å². The zero-order valence-electron chi connectivity index (χ0n) is 46.1. The van der Waals surface area contributed by atoms with Crippen molar-refractivity contribution in [1.82, 2.24) is 39.5 Å². The lowest BCUT2D eigenvalue weighted by Gasteiger charge is -2.35. The fourth-order valence-electron chi connectivity index (χ4n) is 11.8. The van der Waals surface area contributed by atoms with Crippen LogP contribution in [-0.4, -0.2) is 170 Å². The zero-order chi connectivity index (χ0) is 51.2. The van der Waals surface area contributed by atoms with E-state index in [4.69, 9.17) is 29.4 Å². The summed E-state index contributed by atoms with van der Waals surface area (Å²) >= 11 is 0. The van der Waals surface area contributed by atoms with Gasteiger partial charge < -0.3 is 49.5 Å². The smallest absolute Gasteiger partial charge is 0.227 e. The lowest BCUT2D eigenvalue weighted by atomic mass is 10.0. The van der Waals surface area contributed by atoms with Gasteiger partial charge in [0.1, 0.15) is 23.1 Å². The molecule has 0 bridgehead atoms. The van der Waals surface area contributed by atoms with Gasteiger partial charge in [-0.05, 0) is 155 Å². The number of fused-ring (bicyclic) bond motifs is 2. The molecule has 0 aliphatic carbocycles. The van der Waals surface area contributed by atoms with Gasteiger partial charge >= 0.3 is 0 Å². The Morgan fingerprint density at radius 2 is 0.851 bits per heavy atom. The zero-order valence-corrected chi connectivity index (χ0v) is 46.1. The van der Waals surface area contributed by atoms with E-state index >= 15 is 0 Å². The van der Waals surface area contributed by atoms with E-state index in [0.717, 1.165) is 172 Å². The molecule has 2 N–H and O–H groups in total. The molecule has 6 aliphatic rings. The van der Waals surface area contributed by atoms with Crippen LogP contribution in [0.4, 0.5) is 23.5 Å². The quantitative estimate of drug-likeness (QED) is 0.117. The molecule has 8 heterocycles. The average molecular weight is 1010 g/mol. The summed E-state index contributed by atoms with van der Waals surface area (Å²) in [6.45, 7) is 24.7. The third-order valence-corrected chi connectivity index (χ3v) is 16.4. The molecule has 400 valence electrons. The second-order valence-corrected chi connectivity index (χ2v) is 22.3. The third-order valence-electron chi connectivity index (χ3n) is 16.4. The van der Waals surface area contributed by atoms with Crippen LogP contribution in [0.1, 0.15) is 142 Å². The summed E-state index contributed by atoms with van der Waals surface area (Å²) in [6.07, 6.45) is 19.1. The number of aromatic nitrogens is 4. The van der Waals surface area contributed by atoms with Crippen molar-refractivity contribution in [3.8, 4) is 35.2 Å². The van der Waals surface area contributed by atoms with Gasteiger partial charge in [-0.3, -0.25) is 0 Å². The normalized spacial score (nSPS) is 19.8. The standard InChI is InChI=1S/2C30H44N6O/c2*1-23(2)35-19-12-25(13-20-35)31-29-26-22-28(37-3)24(11-5-8-16-34-14-6-4-7-15-34)21-27(26)32-30(33-29)36-17-9-10-18-36/h2*21-23,25H,4,6-10,12-20H2,1-3H3,(H,31,32,33). The van der Waals surface area contributed by atoms with Crippen molar-refractivity contribution in [2.75, 3.05) is 126 Å². The van der Waals surface area contributed by atoms with Crippen molar-refractivity contribution in [1.29, 1.82) is 0 Å². The second-order valence-electron chi connectivity index (χ2n) is 22.3. The molecule has 2 aromatic heterocycles. The molecule has 0 unspecified atom stereocenters. The summed E-state index contributed by atoms with van der Waals surface area (Å²) in [6, 6.07) is 10.4. The third kappa shape index (κ3) is 14.2. The Labute approximate surface area is 444 Å². The molecule has 0 amide bonds. The Bertz CT molecular complexity index is 2380. The second kappa shape index (κ2) is 26.6. The summed E-state index contributed by atoms with van der Waals surface area (Å²) in [7, 11) is 3.46. The predicted octanol–water partition coefficient (Wildman–Crippen LogP) is 9.50. The van der Waals surface area contributed by atoms with Crippen LogP contribution >= 0.6 is 0 Å². The van der Waals surface area contributed by atoms with E-state index in [1.807, 2.05) is 0 Å². The molecular formula is C60H88N12O2. The number of likely N-dealkylation sites (tertiary alicyclic amines) is 4. The predicted molar refractivity (Wildman–Crippen MR) is 305 cm³/mol. The van der Waals surface area contributed by atoms with Crippen molar-refractivity contribution in [2.24, 2.45) is 0 Å². The Kier molecular flexibility index (Phi) is 19.3. The molecule has 0 atom stereocenters. The van der Waals surface area contributed by atoms with E-state index in [-0.39, 0.29) is 0 Å². The molecular weight excluding hydrogens is 921 g/mol. The molecule has 0 spiro atoms. The van der Waals surface area contributed by atoms with Crippen LogP contribution in [0.15, 0.2) is 24.3 Å². The minimum absolute atomic E-state index is 0.416. The van der Waals surface area contributed by atoms with Gasteiger partial charge in [0.15, 0.2) is 0 Å². The lowest BCUT2D eigenvalue weighted by Crippen LogP contribution is -2.42. The van der Waals surface area contributed by atoms with E-state index in [1.54, 1.807) is 14.2 Å². The number of ether oxygens (including phenoxy) is 2. The summed E-state index contributed by atoms with van der Waals surface area (Å²) in [5.41, 5.74) is 3.71. The Hall–Kier alpha value is -5.12. The van der Waals surface area contributed by atoms with Crippen LogP contribution in [0, 0.1) is 23.7 Å². The van der Waals surface area contributed by atoms with E-state index in [2.05, 4.69) is 116 Å². The lowest BCUT2D eigenvalue weighted by molar-refractivity contribution is 0.177. The highest BCUT2D eigenvalue weighted by atomic mass is 16.5. The summed E-state index contributed by atoms with van der Waals surface area (Å²) < 4.78 is 11.6. The maximum Gasteiger partial charge on any atom is 0.227 e. The number of hydrogen-bond donors (Lipinski definition) is 2. The molecule has 0 radical (unpaired) electrons. The number of benzene rings is 2. The first-order chi connectivity index (χ1) is 36.2. The number of piperidine rings is 4. The van der Waals surface area contributed by atoms with Crippen LogP contribution in [0.5, 0.6) is 11.5 Å². The molecule has 14 heteroatoms. The van der Waals surface area contributed by atoms with Crippen LogP contribution in [0.25, 0.3) is 21.8 Å². The topological polar surface area (TPSA) is 114 Å².